The Morgan fingerprint density at radius 1 is 1.50 bits per heavy atom. The summed E-state index contributed by atoms with van der Waals surface area (Å²) in [5.41, 5.74) is 6.73. The largest absolute Gasteiger partial charge is 0.375 e. The average molecular weight is 267 g/mol. The molecule has 0 aromatic carbocycles. The maximum absolute atomic E-state index is 12.2. The Hall–Kier alpha value is -1.10. The maximum Gasteiger partial charge on any atom is 0.228 e. The number of carbonyl (C=O) groups is 1. The maximum atomic E-state index is 12.2. The van der Waals surface area contributed by atoms with Gasteiger partial charge in [0.1, 0.15) is 0 Å². The van der Waals surface area contributed by atoms with E-state index in [0.717, 1.165) is 31.6 Å². The van der Waals surface area contributed by atoms with Gasteiger partial charge in [0.25, 0.3) is 0 Å². The molecule has 1 aromatic rings. The van der Waals surface area contributed by atoms with E-state index in [1.807, 2.05) is 10.3 Å². The molecule has 18 heavy (non-hydrogen) atoms. The second kappa shape index (κ2) is 5.26. The minimum Gasteiger partial charge on any atom is -0.375 e. The third kappa shape index (κ3) is 3.45. The van der Waals surface area contributed by atoms with Crippen LogP contribution in [0.3, 0.4) is 0 Å². The van der Waals surface area contributed by atoms with E-state index in [-0.39, 0.29) is 5.91 Å². The van der Waals surface area contributed by atoms with Crippen molar-refractivity contribution in [2.45, 2.75) is 39.5 Å². The Kier molecular flexibility index (Phi) is 3.90. The van der Waals surface area contributed by atoms with Gasteiger partial charge in [-0.2, -0.15) is 0 Å². The van der Waals surface area contributed by atoms with E-state index in [0.29, 0.717) is 17.0 Å². The van der Waals surface area contributed by atoms with Crippen LogP contribution in [0.15, 0.2) is 5.38 Å². The zero-order valence-corrected chi connectivity index (χ0v) is 11.9. The molecular weight excluding hydrogens is 246 g/mol. The number of thiazole rings is 1. The Morgan fingerprint density at radius 2 is 2.28 bits per heavy atom. The molecule has 0 bridgehead atoms. The molecule has 4 nitrogen and oxygen atoms in total. The summed E-state index contributed by atoms with van der Waals surface area (Å²) < 4.78 is 0. The number of amides is 1. The Morgan fingerprint density at radius 3 is 2.94 bits per heavy atom. The number of hydrogen-bond acceptors (Lipinski definition) is 4. The second-order valence-corrected chi connectivity index (χ2v) is 6.64. The predicted octanol–water partition coefficient (Wildman–Crippen LogP) is 2.31. The van der Waals surface area contributed by atoms with E-state index in [9.17, 15) is 4.79 Å². The van der Waals surface area contributed by atoms with E-state index < -0.39 is 0 Å². The molecule has 0 aliphatic carbocycles. The van der Waals surface area contributed by atoms with E-state index in [2.05, 4.69) is 18.8 Å². The van der Waals surface area contributed by atoms with Crippen molar-refractivity contribution >= 4 is 22.4 Å². The first kappa shape index (κ1) is 13.3. The molecule has 1 aromatic heterocycles. The number of likely N-dealkylation sites (tertiary alicyclic amines) is 1. The standard InChI is InChI=1S/C13H21N3OS/c1-13(2)4-3-6-16(7-5-13)11(17)8-10-9-18-12(14)15-10/h9H,3-8H2,1-2H3,(H2,14,15). The molecule has 2 heterocycles. The van der Waals surface area contributed by atoms with Crippen LogP contribution in [0, 0.1) is 5.41 Å². The van der Waals surface area contributed by atoms with Crippen molar-refractivity contribution in [1.82, 2.24) is 9.88 Å². The van der Waals surface area contributed by atoms with Crippen molar-refractivity contribution in [3.05, 3.63) is 11.1 Å². The van der Waals surface area contributed by atoms with E-state index in [1.165, 1.54) is 17.8 Å². The van der Waals surface area contributed by atoms with Gasteiger partial charge < -0.3 is 10.6 Å². The van der Waals surface area contributed by atoms with Crippen molar-refractivity contribution in [2.75, 3.05) is 18.8 Å². The molecule has 0 saturated carbocycles. The van der Waals surface area contributed by atoms with Gasteiger partial charge in [-0.05, 0) is 24.7 Å². The first-order valence-corrected chi connectivity index (χ1v) is 7.32. The third-order valence-corrected chi connectivity index (χ3v) is 4.32. The molecule has 0 spiro atoms. The first-order chi connectivity index (χ1) is 8.46. The minimum absolute atomic E-state index is 0.179. The molecule has 0 radical (unpaired) electrons. The quantitative estimate of drug-likeness (QED) is 0.894. The molecule has 1 saturated heterocycles. The average Bonchev–Trinajstić information content (AvgIpc) is 2.58. The van der Waals surface area contributed by atoms with Crippen molar-refractivity contribution in [2.24, 2.45) is 5.41 Å². The fraction of sp³-hybridized carbons (Fsp3) is 0.692. The molecule has 100 valence electrons. The van der Waals surface area contributed by atoms with Gasteiger partial charge in [-0.25, -0.2) is 4.98 Å². The molecule has 1 amide bonds. The third-order valence-electron chi connectivity index (χ3n) is 3.59. The summed E-state index contributed by atoms with van der Waals surface area (Å²) in [6, 6.07) is 0. The van der Waals surface area contributed by atoms with Crippen molar-refractivity contribution in [3.63, 3.8) is 0 Å². The minimum atomic E-state index is 0.179. The number of anilines is 1. The highest BCUT2D eigenvalue weighted by atomic mass is 32.1. The van der Waals surface area contributed by atoms with Gasteiger partial charge in [0.2, 0.25) is 5.91 Å². The van der Waals surface area contributed by atoms with E-state index in [4.69, 9.17) is 5.73 Å². The highest BCUT2D eigenvalue weighted by molar-refractivity contribution is 7.13. The number of nitrogens with two attached hydrogens (primary N) is 1. The van der Waals surface area contributed by atoms with Crippen LogP contribution >= 0.6 is 11.3 Å². The molecule has 2 rings (SSSR count). The fourth-order valence-corrected chi connectivity index (χ4v) is 2.91. The highest BCUT2D eigenvalue weighted by Crippen LogP contribution is 2.29. The number of rotatable bonds is 2. The van der Waals surface area contributed by atoms with Gasteiger partial charge >= 0.3 is 0 Å². The van der Waals surface area contributed by atoms with Gasteiger partial charge in [0, 0.05) is 18.5 Å². The number of hydrogen-bond donors (Lipinski definition) is 1. The fourth-order valence-electron chi connectivity index (χ4n) is 2.34. The van der Waals surface area contributed by atoms with E-state index >= 15 is 0 Å². The van der Waals surface area contributed by atoms with Crippen LogP contribution in [0.2, 0.25) is 0 Å². The molecular formula is C13H21N3OS. The molecule has 0 atom stereocenters. The lowest BCUT2D eigenvalue weighted by atomic mass is 9.85. The molecule has 1 aliphatic rings. The number of nitrogens with zero attached hydrogens (tertiary/aromatic N) is 2. The summed E-state index contributed by atoms with van der Waals surface area (Å²) in [7, 11) is 0. The zero-order chi connectivity index (χ0) is 13.2. The lowest BCUT2D eigenvalue weighted by molar-refractivity contribution is -0.130. The van der Waals surface area contributed by atoms with Gasteiger partial charge in [0.05, 0.1) is 12.1 Å². The smallest absolute Gasteiger partial charge is 0.228 e. The monoisotopic (exact) mass is 267 g/mol. The Bertz CT molecular complexity index is 428. The molecule has 1 aliphatic heterocycles. The summed E-state index contributed by atoms with van der Waals surface area (Å²) in [6.07, 6.45) is 3.75. The molecule has 0 unspecified atom stereocenters. The summed E-state index contributed by atoms with van der Waals surface area (Å²) >= 11 is 1.39. The topological polar surface area (TPSA) is 59.2 Å². The molecule has 2 N–H and O–H groups in total. The summed E-state index contributed by atoms with van der Waals surface area (Å²) in [5, 5.41) is 2.41. The number of aromatic nitrogens is 1. The zero-order valence-electron chi connectivity index (χ0n) is 11.1. The molecule has 5 heteroatoms. The summed E-state index contributed by atoms with van der Waals surface area (Å²) in [4.78, 5) is 18.3. The van der Waals surface area contributed by atoms with Gasteiger partial charge in [0.15, 0.2) is 5.13 Å². The van der Waals surface area contributed by atoms with Crippen molar-refractivity contribution in [3.8, 4) is 0 Å². The summed E-state index contributed by atoms with van der Waals surface area (Å²) in [5.74, 6) is 0.179. The molecule has 1 fully saturated rings. The SMILES string of the molecule is CC1(C)CCCN(C(=O)Cc2csc(N)n2)CC1. The highest BCUT2D eigenvalue weighted by Gasteiger charge is 2.25. The van der Waals surface area contributed by atoms with Crippen LogP contribution in [0.5, 0.6) is 0 Å². The van der Waals surface area contributed by atoms with Crippen LogP contribution in [0.1, 0.15) is 38.8 Å². The number of carbonyl (C=O) groups excluding carboxylic acids is 1. The van der Waals surface area contributed by atoms with Crippen molar-refractivity contribution < 1.29 is 4.79 Å². The lowest BCUT2D eigenvalue weighted by Crippen LogP contribution is -2.33. The van der Waals surface area contributed by atoms with Crippen molar-refractivity contribution in [1.29, 1.82) is 0 Å². The second-order valence-electron chi connectivity index (χ2n) is 5.75. The Balaban J connectivity index is 1.93. The van der Waals surface area contributed by atoms with Crippen LogP contribution in [0.4, 0.5) is 5.13 Å². The van der Waals surface area contributed by atoms with Gasteiger partial charge in [-0.1, -0.05) is 13.8 Å². The predicted molar refractivity (Wildman–Crippen MR) is 74.4 cm³/mol. The van der Waals surface area contributed by atoms with E-state index in [1.54, 1.807) is 0 Å². The van der Waals surface area contributed by atoms with Crippen LogP contribution in [-0.2, 0) is 11.2 Å². The summed E-state index contributed by atoms with van der Waals surface area (Å²) in [6.45, 7) is 6.30. The first-order valence-electron chi connectivity index (χ1n) is 6.44. The Labute approximate surface area is 112 Å². The lowest BCUT2D eigenvalue weighted by Gasteiger charge is -2.23. The number of nitrogen functional groups attached to an aromatic ring is 1. The van der Waals surface area contributed by atoms with Crippen LogP contribution in [-0.4, -0.2) is 28.9 Å². The normalized spacial score (nSPS) is 19.6. The van der Waals surface area contributed by atoms with Crippen LogP contribution in [0.25, 0.3) is 0 Å². The van der Waals surface area contributed by atoms with Gasteiger partial charge in [-0.3, -0.25) is 4.79 Å². The van der Waals surface area contributed by atoms with Gasteiger partial charge in [-0.15, -0.1) is 11.3 Å². The van der Waals surface area contributed by atoms with Crippen LogP contribution < -0.4 is 5.73 Å².